The number of pyridine rings is 1. The molecule has 3 nitrogen and oxygen atoms in total. The number of hydrogen-bond donors (Lipinski definition) is 1. The van der Waals surface area contributed by atoms with Crippen LogP contribution in [0.2, 0.25) is 0 Å². The minimum absolute atomic E-state index is 0.109. The molecule has 0 saturated carbocycles. The molecule has 0 fully saturated rings. The van der Waals surface area contributed by atoms with E-state index in [0.717, 1.165) is 11.1 Å². The van der Waals surface area contributed by atoms with Crippen molar-refractivity contribution in [2.45, 2.75) is 0 Å². The van der Waals surface area contributed by atoms with Gasteiger partial charge in [0.2, 0.25) is 0 Å². The van der Waals surface area contributed by atoms with E-state index in [1.807, 2.05) is 48.0 Å². The number of amides is 1. The van der Waals surface area contributed by atoms with E-state index in [2.05, 4.69) is 34.6 Å². The van der Waals surface area contributed by atoms with Gasteiger partial charge in [0.15, 0.2) is 0 Å². The van der Waals surface area contributed by atoms with Crippen LogP contribution >= 0.6 is 11.3 Å². The first-order valence-electron chi connectivity index (χ1n) is 7.59. The van der Waals surface area contributed by atoms with Gasteiger partial charge in [-0.2, -0.15) is 0 Å². The maximum Gasteiger partial charge on any atom is 0.265 e. The molecule has 4 heteroatoms. The number of fused-ring (bicyclic) bond motifs is 1. The van der Waals surface area contributed by atoms with Gasteiger partial charge in [0.1, 0.15) is 0 Å². The lowest BCUT2D eigenvalue weighted by Gasteiger charge is -2.09. The first kappa shape index (κ1) is 14.6. The summed E-state index contributed by atoms with van der Waals surface area (Å²) >= 11 is 1.42. The molecular weight excluding hydrogens is 316 g/mol. The summed E-state index contributed by atoms with van der Waals surface area (Å²) in [6.45, 7) is 0. The van der Waals surface area contributed by atoms with Crippen LogP contribution in [0.3, 0.4) is 0 Å². The van der Waals surface area contributed by atoms with Gasteiger partial charge >= 0.3 is 0 Å². The lowest BCUT2D eigenvalue weighted by molar-refractivity contribution is 0.103. The van der Waals surface area contributed by atoms with Crippen molar-refractivity contribution in [3.05, 3.63) is 83.3 Å². The standard InChI is InChI=1S/C20H14N2OS/c23-20(19-9-4-10-24-19)22-16-11-15(12-21-13-16)18-8-3-6-14-5-1-2-7-17(14)18/h1-13H,(H,22,23). The zero-order valence-corrected chi connectivity index (χ0v) is 13.6. The van der Waals surface area contributed by atoms with E-state index in [-0.39, 0.29) is 5.91 Å². The summed E-state index contributed by atoms with van der Waals surface area (Å²) in [6.07, 6.45) is 3.49. The van der Waals surface area contributed by atoms with Crippen molar-refractivity contribution in [2.75, 3.05) is 5.32 Å². The van der Waals surface area contributed by atoms with Crippen molar-refractivity contribution in [2.24, 2.45) is 0 Å². The Kier molecular flexibility index (Phi) is 3.81. The number of hydrogen-bond acceptors (Lipinski definition) is 3. The van der Waals surface area contributed by atoms with Gasteiger partial charge in [-0.1, -0.05) is 48.5 Å². The molecule has 0 aliphatic carbocycles. The molecule has 0 spiro atoms. The van der Waals surface area contributed by atoms with Crippen molar-refractivity contribution >= 4 is 33.7 Å². The van der Waals surface area contributed by atoms with Crippen LogP contribution in [0, 0.1) is 0 Å². The number of aromatic nitrogens is 1. The number of benzene rings is 2. The minimum Gasteiger partial charge on any atom is -0.320 e. The molecule has 1 amide bonds. The lowest BCUT2D eigenvalue weighted by atomic mass is 9.99. The highest BCUT2D eigenvalue weighted by Gasteiger charge is 2.09. The third-order valence-electron chi connectivity index (χ3n) is 3.84. The van der Waals surface area contributed by atoms with Gasteiger partial charge in [0.25, 0.3) is 5.91 Å². The second kappa shape index (κ2) is 6.26. The Morgan fingerprint density at radius 1 is 0.958 bits per heavy atom. The van der Waals surface area contributed by atoms with Crippen LogP contribution in [-0.4, -0.2) is 10.9 Å². The highest BCUT2D eigenvalue weighted by Crippen LogP contribution is 2.29. The van der Waals surface area contributed by atoms with E-state index in [1.54, 1.807) is 6.20 Å². The predicted molar refractivity (Wildman–Crippen MR) is 99.5 cm³/mol. The molecule has 0 unspecified atom stereocenters. The highest BCUT2D eigenvalue weighted by atomic mass is 32.1. The van der Waals surface area contributed by atoms with E-state index < -0.39 is 0 Å². The molecule has 0 bridgehead atoms. The number of thiophene rings is 1. The van der Waals surface area contributed by atoms with Crippen LogP contribution in [-0.2, 0) is 0 Å². The van der Waals surface area contributed by atoms with Crippen molar-refractivity contribution < 1.29 is 4.79 Å². The van der Waals surface area contributed by atoms with Crippen LogP contribution in [0.15, 0.2) is 78.4 Å². The number of nitrogens with one attached hydrogen (secondary N) is 1. The van der Waals surface area contributed by atoms with E-state index >= 15 is 0 Å². The smallest absolute Gasteiger partial charge is 0.265 e. The molecular formula is C20H14N2OS. The summed E-state index contributed by atoms with van der Waals surface area (Å²) in [7, 11) is 0. The Hall–Kier alpha value is -2.98. The van der Waals surface area contributed by atoms with Crippen molar-refractivity contribution in [1.82, 2.24) is 4.98 Å². The Bertz CT molecular complexity index is 1000. The number of anilines is 1. The quantitative estimate of drug-likeness (QED) is 0.560. The summed E-state index contributed by atoms with van der Waals surface area (Å²) in [5.74, 6) is -0.109. The van der Waals surface area contributed by atoms with Gasteiger partial charge in [-0.3, -0.25) is 9.78 Å². The number of carbonyl (C=O) groups is 1. The molecule has 4 aromatic rings. The topological polar surface area (TPSA) is 42.0 Å². The van der Waals surface area contributed by atoms with E-state index in [1.165, 1.54) is 22.1 Å². The molecule has 4 rings (SSSR count). The molecule has 1 N–H and O–H groups in total. The van der Waals surface area contributed by atoms with Gasteiger partial charge in [-0.15, -0.1) is 11.3 Å². The fourth-order valence-corrected chi connectivity index (χ4v) is 3.35. The maximum atomic E-state index is 12.2. The molecule has 2 aromatic carbocycles. The molecule has 2 aromatic heterocycles. The summed E-state index contributed by atoms with van der Waals surface area (Å²) in [5.41, 5.74) is 2.78. The molecule has 0 atom stereocenters. The molecule has 0 radical (unpaired) electrons. The Morgan fingerprint density at radius 3 is 2.71 bits per heavy atom. The first-order chi connectivity index (χ1) is 11.8. The third kappa shape index (κ3) is 2.79. The summed E-state index contributed by atoms with van der Waals surface area (Å²) in [5, 5.41) is 7.15. The number of rotatable bonds is 3. The van der Waals surface area contributed by atoms with Gasteiger partial charge in [-0.25, -0.2) is 0 Å². The lowest BCUT2D eigenvalue weighted by Crippen LogP contribution is -2.10. The van der Waals surface area contributed by atoms with E-state index in [9.17, 15) is 4.79 Å². The molecule has 24 heavy (non-hydrogen) atoms. The summed E-state index contributed by atoms with van der Waals surface area (Å²) < 4.78 is 0. The molecule has 0 saturated heterocycles. The fourth-order valence-electron chi connectivity index (χ4n) is 2.73. The molecule has 0 aliphatic rings. The SMILES string of the molecule is O=C(Nc1cncc(-c2cccc3ccccc23)c1)c1cccs1. The van der Waals surface area contributed by atoms with Gasteiger partial charge in [0, 0.05) is 11.8 Å². The van der Waals surface area contributed by atoms with E-state index in [4.69, 9.17) is 0 Å². The highest BCUT2D eigenvalue weighted by molar-refractivity contribution is 7.12. The molecule has 2 heterocycles. The van der Waals surface area contributed by atoms with Crippen LogP contribution in [0.25, 0.3) is 21.9 Å². The van der Waals surface area contributed by atoms with E-state index in [0.29, 0.717) is 10.6 Å². The largest absolute Gasteiger partial charge is 0.320 e. The Morgan fingerprint density at radius 2 is 1.83 bits per heavy atom. The van der Waals surface area contributed by atoms with Crippen molar-refractivity contribution in [3.63, 3.8) is 0 Å². The first-order valence-corrected chi connectivity index (χ1v) is 8.47. The Balaban J connectivity index is 1.71. The second-order valence-corrected chi connectivity index (χ2v) is 6.37. The van der Waals surface area contributed by atoms with Crippen LogP contribution in [0.4, 0.5) is 5.69 Å². The monoisotopic (exact) mass is 330 g/mol. The average Bonchev–Trinajstić information content (AvgIpc) is 3.16. The van der Waals surface area contributed by atoms with Gasteiger partial charge in [-0.05, 0) is 33.8 Å². The summed E-state index contributed by atoms with van der Waals surface area (Å²) in [4.78, 5) is 17.2. The third-order valence-corrected chi connectivity index (χ3v) is 4.71. The molecule has 116 valence electrons. The number of carbonyl (C=O) groups excluding carboxylic acids is 1. The average molecular weight is 330 g/mol. The van der Waals surface area contributed by atoms with Crippen molar-refractivity contribution in [3.8, 4) is 11.1 Å². The van der Waals surface area contributed by atoms with Crippen LogP contribution in [0.1, 0.15) is 9.67 Å². The van der Waals surface area contributed by atoms with Crippen molar-refractivity contribution in [1.29, 1.82) is 0 Å². The zero-order valence-electron chi connectivity index (χ0n) is 12.8. The van der Waals surface area contributed by atoms with Crippen LogP contribution < -0.4 is 5.32 Å². The maximum absolute atomic E-state index is 12.2. The summed E-state index contributed by atoms with van der Waals surface area (Å²) in [6, 6.07) is 20.1. The van der Waals surface area contributed by atoms with Gasteiger partial charge in [0.05, 0.1) is 16.8 Å². The van der Waals surface area contributed by atoms with Crippen LogP contribution in [0.5, 0.6) is 0 Å². The minimum atomic E-state index is -0.109. The molecule has 0 aliphatic heterocycles. The normalized spacial score (nSPS) is 10.7. The number of nitrogens with zero attached hydrogens (tertiary/aromatic N) is 1. The predicted octanol–water partition coefficient (Wildman–Crippen LogP) is 5.22. The zero-order chi connectivity index (χ0) is 16.4. The van der Waals surface area contributed by atoms with Gasteiger partial charge < -0.3 is 5.32 Å². The fraction of sp³-hybridized carbons (Fsp3) is 0. The Labute approximate surface area is 143 Å². The second-order valence-electron chi connectivity index (χ2n) is 5.42.